The van der Waals surface area contributed by atoms with Gasteiger partial charge < -0.3 is 9.09 Å². The van der Waals surface area contributed by atoms with Gasteiger partial charge in [0.1, 0.15) is 11.3 Å². The van der Waals surface area contributed by atoms with Crippen molar-refractivity contribution in [1.29, 1.82) is 0 Å². The van der Waals surface area contributed by atoms with Gasteiger partial charge in [0, 0.05) is 14.0 Å². The summed E-state index contributed by atoms with van der Waals surface area (Å²) < 4.78 is 8.79. The van der Waals surface area contributed by atoms with Crippen molar-refractivity contribution >= 4 is 22.8 Å². The minimum absolute atomic E-state index is 0.213. The Labute approximate surface area is 120 Å². The lowest BCUT2D eigenvalue weighted by Crippen LogP contribution is -2.10. The van der Waals surface area contributed by atoms with E-state index in [4.69, 9.17) is 16.1 Å². The SMILES string of the molecule is Cc1nc(Cn2c(C(C)Cl)nc3c(C)nn(C)c32)no1. The van der Waals surface area contributed by atoms with Crippen LogP contribution < -0.4 is 0 Å². The number of rotatable bonds is 3. The van der Waals surface area contributed by atoms with Gasteiger partial charge in [-0.05, 0) is 13.8 Å². The molecule has 106 valence electrons. The third kappa shape index (κ3) is 1.98. The Bertz CT molecular complexity index is 768. The largest absolute Gasteiger partial charge is 0.340 e. The molecule has 3 heterocycles. The molecule has 3 aromatic heterocycles. The molecule has 3 rings (SSSR count). The van der Waals surface area contributed by atoms with Gasteiger partial charge in [-0.15, -0.1) is 11.6 Å². The van der Waals surface area contributed by atoms with Crippen LogP contribution in [-0.2, 0) is 13.6 Å². The fourth-order valence-corrected chi connectivity index (χ4v) is 2.52. The highest BCUT2D eigenvalue weighted by atomic mass is 35.5. The van der Waals surface area contributed by atoms with Crippen molar-refractivity contribution in [2.24, 2.45) is 7.05 Å². The summed E-state index contributed by atoms with van der Waals surface area (Å²) >= 11 is 6.24. The molecule has 0 N–H and O–H groups in total. The fraction of sp³-hybridized carbons (Fsp3) is 0.500. The van der Waals surface area contributed by atoms with Crippen LogP contribution >= 0.6 is 11.6 Å². The van der Waals surface area contributed by atoms with E-state index < -0.39 is 0 Å². The standard InChI is InChI=1S/C12H15ClN6O/c1-6(13)11-15-10-7(2)16-18(4)12(10)19(11)5-9-14-8(3)20-17-9/h6H,5H2,1-4H3. The van der Waals surface area contributed by atoms with E-state index in [1.54, 1.807) is 11.6 Å². The van der Waals surface area contributed by atoms with Crippen LogP contribution in [-0.4, -0.2) is 29.5 Å². The van der Waals surface area contributed by atoms with E-state index in [2.05, 4.69) is 20.2 Å². The molecule has 8 heteroatoms. The van der Waals surface area contributed by atoms with Crippen molar-refractivity contribution in [2.45, 2.75) is 32.7 Å². The summed E-state index contributed by atoms with van der Waals surface area (Å²) in [7, 11) is 1.89. The van der Waals surface area contributed by atoms with Gasteiger partial charge in [0.15, 0.2) is 11.5 Å². The van der Waals surface area contributed by atoms with Crippen molar-refractivity contribution in [1.82, 2.24) is 29.5 Å². The number of alkyl halides is 1. The van der Waals surface area contributed by atoms with E-state index in [1.807, 2.05) is 25.5 Å². The van der Waals surface area contributed by atoms with Gasteiger partial charge in [-0.2, -0.15) is 10.1 Å². The highest BCUT2D eigenvalue weighted by Crippen LogP contribution is 2.26. The first-order valence-corrected chi connectivity index (χ1v) is 6.74. The number of imidazole rings is 1. The van der Waals surface area contributed by atoms with Crippen molar-refractivity contribution in [3.8, 4) is 0 Å². The molecule has 0 saturated heterocycles. The van der Waals surface area contributed by atoms with E-state index in [-0.39, 0.29) is 5.38 Å². The van der Waals surface area contributed by atoms with E-state index in [0.717, 1.165) is 22.7 Å². The summed E-state index contributed by atoms with van der Waals surface area (Å²) in [6.45, 7) is 6.04. The van der Waals surface area contributed by atoms with Crippen molar-refractivity contribution in [3.05, 3.63) is 23.2 Å². The maximum absolute atomic E-state index is 6.24. The molecule has 20 heavy (non-hydrogen) atoms. The second kappa shape index (κ2) is 4.59. The molecular formula is C12H15ClN6O. The topological polar surface area (TPSA) is 74.6 Å². The van der Waals surface area contributed by atoms with Crippen molar-refractivity contribution in [3.63, 3.8) is 0 Å². The Morgan fingerprint density at radius 2 is 2.05 bits per heavy atom. The number of hydrogen-bond acceptors (Lipinski definition) is 5. The number of nitrogens with zero attached hydrogens (tertiary/aromatic N) is 6. The highest BCUT2D eigenvalue weighted by Gasteiger charge is 2.21. The third-order valence-corrected chi connectivity index (χ3v) is 3.34. The first-order chi connectivity index (χ1) is 9.47. The monoisotopic (exact) mass is 294 g/mol. The number of fused-ring (bicyclic) bond motifs is 1. The summed E-state index contributed by atoms with van der Waals surface area (Å²) in [4.78, 5) is 8.83. The lowest BCUT2D eigenvalue weighted by molar-refractivity contribution is 0.386. The lowest BCUT2D eigenvalue weighted by atomic mass is 10.4. The molecule has 0 saturated carbocycles. The number of halogens is 1. The van der Waals surface area contributed by atoms with Crippen molar-refractivity contribution in [2.75, 3.05) is 0 Å². The molecule has 1 atom stereocenters. The first kappa shape index (κ1) is 13.1. The minimum atomic E-state index is -0.213. The van der Waals surface area contributed by atoms with Crippen LogP contribution in [0, 0.1) is 13.8 Å². The van der Waals surface area contributed by atoms with Crippen LogP contribution in [0.2, 0.25) is 0 Å². The van der Waals surface area contributed by atoms with Gasteiger partial charge in [0.05, 0.1) is 17.6 Å². The lowest BCUT2D eigenvalue weighted by Gasteiger charge is -2.08. The van der Waals surface area contributed by atoms with Crippen LogP contribution in [0.5, 0.6) is 0 Å². The number of aryl methyl sites for hydroxylation is 3. The third-order valence-electron chi connectivity index (χ3n) is 3.14. The van der Waals surface area contributed by atoms with Gasteiger partial charge in [-0.1, -0.05) is 5.16 Å². The molecule has 0 aliphatic carbocycles. The summed E-state index contributed by atoms with van der Waals surface area (Å²) in [5, 5.41) is 8.10. The molecule has 0 bridgehead atoms. The summed E-state index contributed by atoms with van der Waals surface area (Å²) in [5.74, 6) is 1.91. The average molecular weight is 295 g/mol. The zero-order chi connectivity index (χ0) is 14.4. The van der Waals surface area contributed by atoms with Crippen LogP contribution in [0.25, 0.3) is 11.2 Å². The molecule has 0 radical (unpaired) electrons. The Hall–Kier alpha value is -1.89. The Kier molecular flexibility index (Phi) is 3.01. The second-order valence-corrected chi connectivity index (χ2v) is 5.44. The van der Waals surface area contributed by atoms with E-state index >= 15 is 0 Å². The van der Waals surface area contributed by atoms with Crippen LogP contribution in [0.3, 0.4) is 0 Å². The van der Waals surface area contributed by atoms with E-state index in [9.17, 15) is 0 Å². The average Bonchev–Trinajstić information content (AvgIpc) is 3.00. The normalized spacial score (nSPS) is 13.2. The summed E-state index contributed by atoms with van der Waals surface area (Å²) in [5.41, 5.74) is 2.65. The molecule has 0 amide bonds. The second-order valence-electron chi connectivity index (χ2n) is 4.78. The molecular weight excluding hydrogens is 280 g/mol. The quantitative estimate of drug-likeness (QED) is 0.692. The molecule has 3 aromatic rings. The summed E-state index contributed by atoms with van der Waals surface area (Å²) in [6.07, 6.45) is 0. The Morgan fingerprint density at radius 1 is 1.30 bits per heavy atom. The molecule has 7 nitrogen and oxygen atoms in total. The smallest absolute Gasteiger partial charge is 0.223 e. The van der Waals surface area contributed by atoms with Crippen LogP contribution in [0.1, 0.15) is 35.5 Å². The fourth-order valence-electron chi connectivity index (χ4n) is 2.36. The zero-order valence-electron chi connectivity index (χ0n) is 11.8. The maximum Gasteiger partial charge on any atom is 0.223 e. The van der Waals surface area contributed by atoms with E-state index in [0.29, 0.717) is 18.3 Å². The van der Waals surface area contributed by atoms with Gasteiger partial charge in [-0.3, -0.25) is 4.68 Å². The minimum Gasteiger partial charge on any atom is -0.340 e. The van der Waals surface area contributed by atoms with Crippen LogP contribution in [0.4, 0.5) is 0 Å². The Morgan fingerprint density at radius 3 is 2.65 bits per heavy atom. The number of hydrogen-bond donors (Lipinski definition) is 0. The molecule has 0 aromatic carbocycles. The highest BCUT2D eigenvalue weighted by molar-refractivity contribution is 6.20. The molecule has 0 fully saturated rings. The maximum atomic E-state index is 6.24. The molecule has 0 aliphatic rings. The van der Waals surface area contributed by atoms with Crippen LogP contribution in [0.15, 0.2) is 4.52 Å². The van der Waals surface area contributed by atoms with Crippen molar-refractivity contribution < 1.29 is 4.52 Å². The molecule has 0 spiro atoms. The number of aromatic nitrogens is 6. The van der Waals surface area contributed by atoms with Gasteiger partial charge in [0.25, 0.3) is 0 Å². The van der Waals surface area contributed by atoms with Gasteiger partial charge >= 0.3 is 0 Å². The summed E-state index contributed by atoms with van der Waals surface area (Å²) in [6, 6.07) is 0. The molecule has 0 aliphatic heterocycles. The Balaban J connectivity index is 2.18. The molecule has 1 unspecified atom stereocenters. The predicted octanol–water partition coefficient (Wildman–Crippen LogP) is 2.12. The first-order valence-electron chi connectivity index (χ1n) is 6.30. The predicted molar refractivity (Wildman–Crippen MR) is 73.6 cm³/mol. The zero-order valence-corrected chi connectivity index (χ0v) is 12.5. The van der Waals surface area contributed by atoms with Gasteiger partial charge in [0.2, 0.25) is 5.89 Å². The van der Waals surface area contributed by atoms with E-state index in [1.165, 1.54) is 0 Å². The van der Waals surface area contributed by atoms with Gasteiger partial charge in [-0.25, -0.2) is 4.98 Å².